The van der Waals surface area contributed by atoms with Gasteiger partial charge in [0, 0.05) is 19.1 Å². The minimum atomic E-state index is -3.71. The molecule has 0 atom stereocenters. The smallest absolute Gasteiger partial charge is 0.306 e. The van der Waals surface area contributed by atoms with E-state index in [9.17, 15) is 13.2 Å². The molecular weight excluding hydrogens is 400 g/mol. The van der Waals surface area contributed by atoms with Crippen LogP contribution in [-0.2, 0) is 10.0 Å². The number of halogens is 1. The number of fused-ring (bicyclic) bond motifs is 1. The number of para-hydroxylation sites is 2. The number of H-pyrrole nitrogens is 1. The first-order chi connectivity index (χ1) is 13.4. The van der Waals surface area contributed by atoms with Gasteiger partial charge in [0.1, 0.15) is 6.07 Å². The Kier molecular flexibility index (Phi) is 4.75. The number of aromatic nitrogens is 2. The SMILES string of the molecule is N#Cc1ccc(S(=O)(=O)N2CCC(n3c(=O)[nH]c4ccccc43)CC2)cc1Cl. The lowest BCUT2D eigenvalue weighted by atomic mass is 10.1. The molecule has 0 spiro atoms. The van der Waals surface area contributed by atoms with Crippen LogP contribution in [0.4, 0.5) is 0 Å². The summed E-state index contributed by atoms with van der Waals surface area (Å²) in [6, 6.07) is 13.4. The number of hydrogen-bond acceptors (Lipinski definition) is 4. The molecule has 1 fully saturated rings. The molecule has 3 aromatic rings. The van der Waals surface area contributed by atoms with Crippen molar-refractivity contribution in [3.63, 3.8) is 0 Å². The lowest BCUT2D eigenvalue weighted by Gasteiger charge is -2.31. The number of aromatic amines is 1. The van der Waals surface area contributed by atoms with Crippen molar-refractivity contribution < 1.29 is 8.42 Å². The van der Waals surface area contributed by atoms with Crippen molar-refractivity contribution in [2.45, 2.75) is 23.8 Å². The number of rotatable bonds is 3. The highest BCUT2D eigenvalue weighted by Crippen LogP contribution is 2.29. The zero-order valence-corrected chi connectivity index (χ0v) is 16.4. The molecule has 2 heterocycles. The lowest BCUT2D eigenvalue weighted by molar-refractivity contribution is 0.274. The van der Waals surface area contributed by atoms with E-state index in [1.54, 1.807) is 4.57 Å². The summed E-state index contributed by atoms with van der Waals surface area (Å²) in [5.74, 6) is 0. The van der Waals surface area contributed by atoms with Crippen molar-refractivity contribution in [1.82, 2.24) is 13.9 Å². The number of nitrogens with zero attached hydrogens (tertiary/aromatic N) is 3. The molecular formula is C19H17ClN4O3S. The molecule has 144 valence electrons. The van der Waals surface area contributed by atoms with Gasteiger partial charge in [0.05, 0.1) is 26.5 Å². The molecule has 0 aliphatic carbocycles. The van der Waals surface area contributed by atoms with E-state index in [0.717, 1.165) is 11.0 Å². The maximum Gasteiger partial charge on any atom is 0.326 e. The Balaban J connectivity index is 1.57. The van der Waals surface area contributed by atoms with Crippen molar-refractivity contribution in [1.29, 1.82) is 5.26 Å². The van der Waals surface area contributed by atoms with Crippen LogP contribution in [0.1, 0.15) is 24.4 Å². The normalized spacial score (nSPS) is 16.3. The number of hydrogen-bond donors (Lipinski definition) is 1. The summed E-state index contributed by atoms with van der Waals surface area (Å²) in [5, 5.41) is 9.07. The molecule has 1 aromatic heterocycles. The van der Waals surface area contributed by atoms with Gasteiger partial charge in [0.25, 0.3) is 0 Å². The van der Waals surface area contributed by atoms with E-state index in [0.29, 0.717) is 25.9 Å². The van der Waals surface area contributed by atoms with Gasteiger partial charge in [-0.1, -0.05) is 23.7 Å². The van der Waals surface area contributed by atoms with Gasteiger partial charge in [-0.05, 0) is 43.2 Å². The van der Waals surface area contributed by atoms with Crippen LogP contribution in [0.2, 0.25) is 5.02 Å². The fourth-order valence-corrected chi connectivity index (χ4v) is 5.46. The van der Waals surface area contributed by atoms with Crippen LogP contribution in [0.25, 0.3) is 11.0 Å². The number of benzene rings is 2. The van der Waals surface area contributed by atoms with E-state index in [1.807, 2.05) is 30.3 Å². The van der Waals surface area contributed by atoms with Crippen LogP contribution in [0.5, 0.6) is 0 Å². The molecule has 4 rings (SSSR count). The van der Waals surface area contributed by atoms with Gasteiger partial charge in [0.15, 0.2) is 0 Å². The first kappa shape index (κ1) is 18.7. The summed E-state index contributed by atoms with van der Waals surface area (Å²) in [6.45, 7) is 0.604. The molecule has 9 heteroatoms. The third-order valence-corrected chi connectivity index (χ3v) is 7.32. The number of piperidine rings is 1. The predicted octanol–water partition coefficient (Wildman–Crippen LogP) is 2.88. The quantitative estimate of drug-likeness (QED) is 0.709. The van der Waals surface area contributed by atoms with E-state index >= 15 is 0 Å². The van der Waals surface area contributed by atoms with E-state index in [-0.39, 0.29) is 27.2 Å². The zero-order valence-electron chi connectivity index (χ0n) is 14.8. The van der Waals surface area contributed by atoms with Gasteiger partial charge < -0.3 is 4.98 Å². The highest BCUT2D eigenvalue weighted by molar-refractivity contribution is 7.89. The van der Waals surface area contributed by atoms with Crippen LogP contribution < -0.4 is 5.69 Å². The number of sulfonamides is 1. The second-order valence-corrected chi connectivity index (χ2v) is 9.05. The van der Waals surface area contributed by atoms with Gasteiger partial charge in [-0.2, -0.15) is 9.57 Å². The van der Waals surface area contributed by atoms with Crippen molar-refractivity contribution in [3.05, 3.63) is 63.5 Å². The Hall–Kier alpha value is -2.60. The third-order valence-electron chi connectivity index (χ3n) is 5.11. The molecule has 1 aliphatic heterocycles. The van der Waals surface area contributed by atoms with Gasteiger partial charge in [0.2, 0.25) is 10.0 Å². The fourth-order valence-electron chi connectivity index (χ4n) is 3.67. The Morgan fingerprint density at radius 2 is 1.86 bits per heavy atom. The van der Waals surface area contributed by atoms with Crippen molar-refractivity contribution >= 4 is 32.7 Å². The molecule has 0 bridgehead atoms. The summed E-state index contributed by atoms with van der Waals surface area (Å²) < 4.78 is 29.0. The molecule has 0 radical (unpaired) electrons. The highest BCUT2D eigenvalue weighted by atomic mass is 35.5. The average Bonchev–Trinajstić information content (AvgIpc) is 3.03. The first-order valence-corrected chi connectivity index (χ1v) is 10.6. The Morgan fingerprint density at radius 3 is 2.54 bits per heavy atom. The van der Waals surface area contributed by atoms with Crippen LogP contribution in [0.15, 0.2) is 52.2 Å². The second kappa shape index (κ2) is 7.09. The second-order valence-electron chi connectivity index (χ2n) is 6.71. The van der Waals surface area contributed by atoms with Crippen molar-refractivity contribution in [2.75, 3.05) is 13.1 Å². The largest absolute Gasteiger partial charge is 0.326 e. The molecule has 0 saturated carbocycles. The van der Waals surface area contributed by atoms with E-state index in [4.69, 9.17) is 16.9 Å². The lowest BCUT2D eigenvalue weighted by Crippen LogP contribution is -2.40. The maximum atomic E-state index is 12.9. The fraction of sp³-hybridized carbons (Fsp3) is 0.263. The minimum absolute atomic E-state index is 0.0687. The summed E-state index contributed by atoms with van der Waals surface area (Å²) >= 11 is 5.99. The summed E-state index contributed by atoms with van der Waals surface area (Å²) in [6.07, 6.45) is 1.07. The van der Waals surface area contributed by atoms with Crippen LogP contribution in [0, 0.1) is 11.3 Å². The third kappa shape index (κ3) is 3.11. The molecule has 7 nitrogen and oxygen atoms in total. The number of nitriles is 1. The topological polar surface area (TPSA) is 99.0 Å². The Morgan fingerprint density at radius 1 is 1.14 bits per heavy atom. The zero-order chi connectivity index (χ0) is 19.9. The van der Waals surface area contributed by atoms with Gasteiger partial charge in [-0.25, -0.2) is 13.2 Å². The van der Waals surface area contributed by atoms with Crippen molar-refractivity contribution in [2.24, 2.45) is 0 Å². The summed E-state index contributed by atoms with van der Waals surface area (Å²) in [7, 11) is -3.71. The Labute approximate surface area is 166 Å². The number of imidazole rings is 1. The number of nitrogens with one attached hydrogen (secondary N) is 1. The maximum absolute atomic E-state index is 12.9. The standard InChI is InChI=1S/C19H17ClN4O3S/c20-16-11-15(6-5-13(16)12-21)28(26,27)23-9-7-14(8-10-23)24-18-4-2-1-3-17(18)22-19(24)25/h1-6,11,14H,7-10H2,(H,22,25). The van der Waals surface area contributed by atoms with E-state index in [1.165, 1.54) is 22.5 Å². The molecule has 28 heavy (non-hydrogen) atoms. The van der Waals surface area contributed by atoms with Crippen LogP contribution in [-0.4, -0.2) is 35.4 Å². The van der Waals surface area contributed by atoms with Crippen molar-refractivity contribution in [3.8, 4) is 6.07 Å². The summed E-state index contributed by atoms with van der Waals surface area (Å²) in [4.78, 5) is 15.3. The molecule has 0 amide bonds. The molecule has 1 saturated heterocycles. The average molecular weight is 417 g/mol. The minimum Gasteiger partial charge on any atom is -0.306 e. The Bertz CT molecular complexity index is 1250. The highest BCUT2D eigenvalue weighted by Gasteiger charge is 2.31. The van der Waals surface area contributed by atoms with E-state index < -0.39 is 10.0 Å². The first-order valence-electron chi connectivity index (χ1n) is 8.81. The molecule has 1 aliphatic rings. The van der Waals surface area contributed by atoms with Gasteiger partial charge in [-0.3, -0.25) is 4.57 Å². The monoisotopic (exact) mass is 416 g/mol. The van der Waals surface area contributed by atoms with Gasteiger partial charge in [-0.15, -0.1) is 0 Å². The van der Waals surface area contributed by atoms with Crippen LogP contribution >= 0.6 is 11.6 Å². The summed E-state index contributed by atoms with van der Waals surface area (Å²) in [5.41, 5.74) is 1.65. The molecule has 0 unspecified atom stereocenters. The van der Waals surface area contributed by atoms with E-state index in [2.05, 4.69) is 4.98 Å². The molecule has 1 N–H and O–H groups in total. The van der Waals surface area contributed by atoms with Gasteiger partial charge >= 0.3 is 5.69 Å². The van der Waals surface area contributed by atoms with Crippen LogP contribution in [0.3, 0.4) is 0 Å². The predicted molar refractivity (Wildman–Crippen MR) is 106 cm³/mol. The molecule has 2 aromatic carbocycles.